The Morgan fingerprint density at radius 2 is 1.82 bits per heavy atom. The number of nitrogens with one attached hydrogen (secondary N) is 1. The topological polar surface area (TPSA) is 89.4 Å². The van der Waals surface area contributed by atoms with Gasteiger partial charge >= 0.3 is 5.97 Å². The number of aliphatic imine (C=N–C) groups is 1. The van der Waals surface area contributed by atoms with Crippen molar-refractivity contribution in [3.8, 4) is 0 Å². The first-order valence-corrected chi connectivity index (χ1v) is 16.3. The molecule has 2 spiro atoms. The molecular formula is C33H52N2O5. The van der Waals surface area contributed by atoms with Crippen molar-refractivity contribution in [3.63, 3.8) is 0 Å². The summed E-state index contributed by atoms with van der Waals surface area (Å²) in [6, 6.07) is 0. The maximum atomic E-state index is 11.9. The summed E-state index contributed by atoms with van der Waals surface area (Å²) < 4.78 is 19.0. The second-order valence-corrected chi connectivity index (χ2v) is 16.3. The number of esters is 1. The van der Waals surface area contributed by atoms with Crippen LogP contribution >= 0.6 is 0 Å². The van der Waals surface area contributed by atoms with Gasteiger partial charge in [-0.25, -0.2) is 4.99 Å². The van der Waals surface area contributed by atoms with Crippen LogP contribution < -0.4 is 5.32 Å². The quantitative estimate of drug-likeness (QED) is 0.461. The van der Waals surface area contributed by atoms with Gasteiger partial charge in [-0.1, -0.05) is 20.8 Å². The summed E-state index contributed by atoms with van der Waals surface area (Å²) in [5.74, 6) is 3.37. The summed E-state index contributed by atoms with van der Waals surface area (Å²) in [7, 11) is 0. The molecule has 224 valence electrons. The van der Waals surface area contributed by atoms with Crippen LogP contribution in [0.5, 0.6) is 0 Å². The van der Waals surface area contributed by atoms with E-state index in [4.69, 9.17) is 14.2 Å². The highest BCUT2D eigenvalue weighted by Crippen LogP contribution is 2.87. The third-order valence-electron chi connectivity index (χ3n) is 13.8. The average Bonchev–Trinajstić information content (AvgIpc) is 3.13. The lowest BCUT2D eigenvalue weighted by Gasteiger charge is -2.59. The Balaban J connectivity index is 1.10. The second kappa shape index (κ2) is 8.92. The lowest BCUT2D eigenvalue weighted by atomic mass is 9.46. The molecular weight excluding hydrogens is 504 g/mol. The van der Waals surface area contributed by atoms with Gasteiger partial charge in [0.1, 0.15) is 6.10 Å². The van der Waals surface area contributed by atoms with Gasteiger partial charge in [-0.3, -0.25) is 10.1 Å². The van der Waals surface area contributed by atoms with E-state index in [2.05, 4.69) is 31.1 Å². The number of ether oxygens (including phenoxy) is 3. The van der Waals surface area contributed by atoms with Crippen LogP contribution in [0.2, 0.25) is 0 Å². The molecule has 0 aromatic rings. The first-order chi connectivity index (χ1) is 18.8. The summed E-state index contributed by atoms with van der Waals surface area (Å²) in [6.07, 6.45) is 12.0. The smallest absolute Gasteiger partial charge is 0.303 e. The first-order valence-electron chi connectivity index (χ1n) is 16.3. The Bertz CT molecular complexity index is 1080. The molecule has 1 saturated heterocycles. The molecule has 11 atom stereocenters. The van der Waals surface area contributed by atoms with Gasteiger partial charge in [0, 0.05) is 12.3 Å². The van der Waals surface area contributed by atoms with E-state index in [0.29, 0.717) is 34.7 Å². The highest BCUT2D eigenvalue weighted by atomic mass is 16.6. The van der Waals surface area contributed by atoms with Crippen LogP contribution in [0.1, 0.15) is 106 Å². The second-order valence-electron chi connectivity index (χ2n) is 16.3. The Hall–Kier alpha value is -1.18. The van der Waals surface area contributed by atoms with Crippen LogP contribution in [0.4, 0.5) is 0 Å². The third-order valence-corrected chi connectivity index (χ3v) is 13.8. The molecule has 5 aliphatic carbocycles. The molecule has 0 aromatic heterocycles. The van der Waals surface area contributed by atoms with E-state index in [-0.39, 0.29) is 29.7 Å². The highest BCUT2D eigenvalue weighted by Gasteiger charge is 2.81. The van der Waals surface area contributed by atoms with E-state index in [1.807, 2.05) is 0 Å². The summed E-state index contributed by atoms with van der Waals surface area (Å²) in [4.78, 5) is 16.4. The molecule has 7 unspecified atom stereocenters. The van der Waals surface area contributed by atoms with Crippen LogP contribution in [0.15, 0.2) is 4.99 Å². The van der Waals surface area contributed by atoms with Gasteiger partial charge in [-0.05, 0) is 118 Å². The number of rotatable bonds is 4. The maximum Gasteiger partial charge on any atom is 0.303 e. The summed E-state index contributed by atoms with van der Waals surface area (Å²) in [5.41, 5.74) is 0.375. The standard InChI is InChI=1S/C33H52N2O5/c1-19(36)38-28(30(4,5)37)23-9-7-21-24(39-23)15-22-20-8-10-25-29(2,3)26(40-27-16-34-18-35-27)11-12-33(25)17-32(20,33)14-13-31(21,22)6/h20-26,28,34,37H,7-18H2,1-6H3/t20?,21?,22?,23?,24?,25?,26-,28-,31+,32-,33?/m0/s1. The molecule has 5 saturated carbocycles. The minimum atomic E-state index is -1.13. The molecule has 0 aromatic carbocycles. The summed E-state index contributed by atoms with van der Waals surface area (Å²) >= 11 is 0. The van der Waals surface area contributed by atoms with Crippen LogP contribution in [-0.2, 0) is 19.0 Å². The molecule has 2 aliphatic heterocycles. The van der Waals surface area contributed by atoms with E-state index in [1.165, 1.54) is 45.4 Å². The molecule has 0 amide bonds. The van der Waals surface area contributed by atoms with Crippen LogP contribution in [0, 0.1) is 45.3 Å². The third kappa shape index (κ3) is 3.78. The summed E-state index contributed by atoms with van der Waals surface area (Å²) in [5, 5.41) is 14.1. The van der Waals surface area contributed by atoms with E-state index >= 15 is 0 Å². The number of fused-ring (bicyclic) bond motifs is 4. The zero-order chi connectivity index (χ0) is 28.3. The molecule has 40 heavy (non-hydrogen) atoms. The summed E-state index contributed by atoms with van der Waals surface area (Å²) in [6.45, 7) is 13.9. The number of hydrogen-bond acceptors (Lipinski definition) is 7. The molecule has 7 rings (SSSR count). The van der Waals surface area contributed by atoms with Crippen LogP contribution in [0.3, 0.4) is 0 Å². The van der Waals surface area contributed by atoms with Crippen molar-refractivity contribution in [2.75, 3.05) is 13.2 Å². The first kappa shape index (κ1) is 27.6. The van der Waals surface area contributed by atoms with Gasteiger partial charge in [-0.15, -0.1) is 0 Å². The fourth-order valence-electron chi connectivity index (χ4n) is 12.1. The number of carbonyl (C=O) groups is 1. The number of carbonyl (C=O) groups excluding carboxylic acids is 1. The molecule has 7 nitrogen and oxygen atoms in total. The van der Waals surface area contributed by atoms with E-state index in [1.54, 1.807) is 13.8 Å². The zero-order valence-corrected chi connectivity index (χ0v) is 25.6. The van der Waals surface area contributed by atoms with E-state index in [0.717, 1.165) is 50.0 Å². The monoisotopic (exact) mass is 556 g/mol. The predicted molar refractivity (Wildman–Crippen MR) is 153 cm³/mol. The van der Waals surface area contributed by atoms with Crippen molar-refractivity contribution in [2.24, 2.45) is 50.3 Å². The van der Waals surface area contributed by atoms with Crippen molar-refractivity contribution < 1.29 is 24.1 Å². The van der Waals surface area contributed by atoms with Gasteiger partial charge < -0.3 is 19.3 Å². The van der Waals surface area contributed by atoms with Crippen LogP contribution in [0.25, 0.3) is 0 Å². The highest BCUT2D eigenvalue weighted by molar-refractivity contribution is 5.79. The minimum absolute atomic E-state index is 0.168. The average molecular weight is 557 g/mol. The van der Waals surface area contributed by atoms with Gasteiger partial charge in [0.25, 0.3) is 0 Å². The normalized spacial score (nSPS) is 49.4. The van der Waals surface area contributed by atoms with Crippen molar-refractivity contribution >= 4 is 11.9 Å². The zero-order valence-electron chi connectivity index (χ0n) is 25.6. The predicted octanol–water partition coefficient (Wildman–Crippen LogP) is 5.24. The Morgan fingerprint density at radius 3 is 2.52 bits per heavy atom. The molecule has 0 bridgehead atoms. The molecule has 7 aliphatic rings. The van der Waals surface area contributed by atoms with Gasteiger partial charge in [-0.2, -0.15) is 0 Å². The van der Waals surface area contributed by atoms with Crippen molar-refractivity contribution in [3.05, 3.63) is 0 Å². The van der Waals surface area contributed by atoms with E-state index in [9.17, 15) is 9.90 Å². The Labute approximate surface area is 240 Å². The van der Waals surface area contributed by atoms with E-state index < -0.39 is 11.7 Å². The Kier molecular flexibility index (Phi) is 6.16. The minimum Gasteiger partial charge on any atom is -0.476 e. The fraction of sp³-hybridized carbons (Fsp3) is 0.939. The van der Waals surface area contributed by atoms with Gasteiger partial charge in [0.2, 0.25) is 0 Å². The molecule has 2 N–H and O–H groups in total. The van der Waals surface area contributed by atoms with Crippen LogP contribution in [-0.4, -0.2) is 60.2 Å². The molecule has 7 heteroatoms. The molecule has 0 radical (unpaired) electrons. The number of aliphatic hydroxyl groups is 1. The molecule has 2 heterocycles. The van der Waals surface area contributed by atoms with Gasteiger partial charge in [0.15, 0.2) is 12.0 Å². The van der Waals surface area contributed by atoms with Gasteiger partial charge in [0.05, 0.1) is 31.0 Å². The van der Waals surface area contributed by atoms with Crippen molar-refractivity contribution in [1.82, 2.24) is 5.32 Å². The lowest BCUT2D eigenvalue weighted by molar-refractivity contribution is -0.200. The largest absolute Gasteiger partial charge is 0.476 e. The number of nitrogens with zero attached hydrogens (tertiary/aromatic N) is 1. The molecule has 6 fully saturated rings. The van der Waals surface area contributed by atoms with Crippen molar-refractivity contribution in [1.29, 1.82) is 0 Å². The fourth-order valence-corrected chi connectivity index (χ4v) is 12.1. The SMILES string of the molecule is CC(=O)O[C@@H](C1CCC2C(CC3C4CCC5C(C)(C)[C@@H](OC6=NCNC6)CCC56C[C@@]46CC[C@]23C)O1)C(C)(C)O. The maximum absolute atomic E-state index is 11.9. The number of hydrogen-bond donors (Lipinski definition) is 2. The van der Waals surface area contributed by atoms with Crippen molar-refractivity contribution in [2.45, 2.75) is 136 Å². The Morgan fingerprint density at radius 1 is 1.05 bits per heavy atom. The lowest BCUT2D eigenvalue weighted by Crippen LogP contribution is -2.55.